The van der Waals surface area contributed by atoms with E-state index in [-0.39, 0.29) is 41.7 Å². The number of rotatable bonds is 6. The molecular formula is C32H34F7NO2. The maximum Gasteiger partial charge on any atom is 0.435 e. The van der Waals surface area contributed by atoms with Gasteiger partial charge >= 0.3 is 18.0 Å². The molecular weight excluding hydrogens is 563 g/mol. The smallest absolute Gasteiger partial charge is 0.381 e. The quantitative estimate of drug-likeness (QED) is 0.317. The summed E-state index contributed by atoms with van der Waals surface area (Å²) in [4.78, 5) is 15.4. The Hall–Kier alpha value is -2.88. The van der Waals surface area contributed by atoms with E-state index >= 15 is 0 Å². The van der Waals surface area contributed by atoms with Crippen molar-refractivity contribution >= 4 is 11.5 Å². The Morgan fingerprint density at radius 2 is 1.60 bits per heavy atom. The fourth-order valence-corrected chi connectivity index (χ4v) is 6.98. The average molecular weight is 598 g/mol. The highest BCUT2D eigenvalue weighted by Gasteiger charge is 2.73. The average Bonchev–Trinajstić information content (AvgIpc) is 3.30. The molecule has 2 aliphatic heterocycles. The Morgan fingerprint density at radius 1 is 0.952 bits per heavy atom. The van der Waals surface area contributed by atoms with Crippen LogP contribution in [-0.4, -0.2) is 49.0 Å². The molecule has 0 aromatic heterocycles. The van der Waals surface area contributed by atoms with Crippen molar-refractivity contribution in [2.45, 2.75) is 75.4 Å². The van der Waals surface area contributed by atoms with Crippen LogP contribution in [0.5, 0.6) is 0 Å². The van der Waals surface area contributed by atoms with E-state index in [1.807, 2.05) is 36.1 Å². The van der Waals surface area contributed by atoms with Gasteiger partial charge < -0.3 is 9.64 Å². The van der Waals surface area contributed by atoms with Gasteiger partial charge in [0.25, 0.3) is 0 Å². The van der Waals surface area contributed by atoms with E-state index in [0.717, 1.165) is 35.6 Å². The summed E-state index contributed by atoms with van der Waals surface area (Å²) in [6.45, 7) is 7.49. The Bertz CT molecular complexity index is 1300. The van der Waals surface area contributed by atoms with Gasteiger partial charge in [-0.05, 0) is 73.1 Å². The number of benzene rings is 2. The molecule has 42 heavy (non-hydrogen) atoms. The van der Waals surface area contributed by atoms with Gasteiger partial charge in [0, 0.05) is 43.7 Å². The Balaban J connectivity index is 1.49. The zero-order valence-corrected chi connectivity index (χ0v) is 23.3. The highest BCUT2D eigenvalue weighted by atomic mass is 19.4. The molecule has 5 rings (SSSR count). The van der Waals surface area contributed by atoms with Crippen LogP contribution in [0, 0.1) is 11.8 Å². The highest BCUT2D eigenvalue weighted by Crippen LogP contribution is 2.54. The fraction of sp³-hybridized carbons (Fsp3) is 0.531. The van der Waals surface area contributed by atoms with E-state index in [2.05, 4.69) is 6.58 Å². The number of halogens is 7. The molecule has 2 aromatic carbocycles. The molecule has 0 saturated carbocycles. The topological polar surface area (TPSA) is 29.5 Å². The standard InChI is InChI=1S/C32H34F7NO2/c1-19(2)22-5-3-20(4-6-22)15-24-18-40(28(41)16-21-11-13-42-14-12-21)27-10-7-23-17-25(8-9-26(23)29(24)27)30(33,31(34,35)36)32(37,38)39/h3-6,8-9,17,21,24,27,29H,1,7,10-16,18H2,2H3/t24?,27-,29+/m1/s1. The number of allylic oxidation sites excluding steroid dienone is 1. The van der Waals surface area contributed by atoms with Gasteiger partial charge in [-0.15, -0.1) is 0 Å². The first kappa shape index (κ1) is 30.6. The number of carbonyl (C=O) groups excluding carboxylic acids is 1. The summed E-state index contributed by atoms with van der Waals surface area (Å²) in [6, 6.07) is 10.2. The third-order valence-electron chi connectivity index (χ3n) is 9.21. The van der Waals surface area contributed by atoms with Crippen LogP contribution < -0.4 is 0 Å². The summed E-state index contributed by atoms with van der Waals surface area (Å²) < 4.78 is 101. The number of alkyl halides is 7. The van der Waals surface area contributed by atoms with E-state index in [1.165, 1.54) is 6.07 Å². The molecule has 3 nitrogen and oxygen atoms in total. The van der Waals surface area contributed by atoms with E-state index in [1.54, 1.807) is 0 Å². The summed E-state index contributed by atoms with van der Waals surface area (Å²) in [5.41, 5.74) is -3.18. The van der Waals surface area contributed by atoms with Gasteiger partial charge in [-0.3, -0.25) is 4.79 Å². The zero-order chi connectivity index (χ0) is 30.4. The van der Waals surface area contributed by atoms with E-state index < -0.39 is 23.6 Å². The number of fused-ring (bicyclic) bond motifs is 3. The maximum absolute atomic E-state index is 14.9. The Kier molecular flexibility index (Phi) is 8.24. The van der Waals surface area contributed by atoms with Gasteiger partial charge in [-0.25, -0.2) is 4.39 Å². The lowest BCUT2D eigenvalue weighted by atomic mass is 9.72. The van der Waals surface area contributed by atoms with Gasteiger partial charge in [-0.2, -0.15) is 26.3 Å². The molecule has 2 aromatic rings. The van der Waals surface area contributed by atoms with Crippen LogP contribution in [0.1, 0.15) is 66.3 Å². The second-order valence-corrected chi connectivity index (χ2v) is 11.9. The lowest BCUT2D eigenvalue weighted by molar-refractivity contribution is -0.348. The van der Waals surface area contributed by atoms with Crippen molar-refractivity contribution in [3.05, 3.63) is 76.9 Å². The number of ether oxygens (including phenoxy) is 1. The minimum Gasteiger partial charge on any atom is -0.381 e. The van der Waals surface area contributed by atoms with E-state index in [0.29, 0.717) is 50.7 Å². The monoisotopic (exact) mass is 597 g/mol. The predicted octanol–water partition coefficient (Wildman–Crippen LogP) is 7.93. The number of hydrogen-bond acceptors (Lipinski definition) is 2. The second kappa shape index (κ2) is 11.3. The number of nitrogens with zero attached hydrogens (tertiary/aromatic N) is 1. The predicted molar refractivity (Wildman–Crippen MR) is 144 cm³/mol. The zero-order valence-electron chi connectivity index (χ0n) is 23.3. The minimum atomic E-state index is -6.17. The summed E-state index contributed by atoms with van der Waals surface area (Å²) in [7, 11) is 0. The normalized spacial score (nSPS) is 23.4. The second-order valence-electron chi connectivity index (χ2n) is 11.9. The van der Waals surface area contributed by atoms with Gasteiger partial charge in [0.15, 0.2) is 0 Å². The molecule has 1 unspecified atom stereocenters. The Morgan fingerprint density at radius 3 is 2.19 bits per heavy atom. The molecule has 0 spiro atoms. The Labute approximate surface area is 240 Å². The van der Waals surface area contributed by atoms with Crippen molar-refractivity contribution in [1.29, 1.82) is 0 Å². The fourth-order valence-electron chi connectivity index (χ4n) is 6.98. The summed E-state index contributed by atoms with van der Waals surface area (Å²) in [5, 5.41) is 0. The molecule has 0 N–H and O–H groups in total. The SMILES string of the molecule is C=C(C)c1ccc(CC2CN(C(=O)CC3CCOCC3)[C@@H]3CCc4cc(C(F)(C(F)(F)F)C(F)(F)F)ccc4[C@H]23)cc1. The van der Waals surface area contributed by atoms with Crippen molar-refractivity contribution in [2.75, 3.05) is 19.8 Å². The molecule has 2 heterocycles. The molecule has 10 heteroatoms. The molecule has 3 atom stereocenters. The first-order chi connectivity index (χ1) is 19.7. The van der Waals surface area contributed by atoms with E-state index in [4.69, 9.17) is 4.74 Å². The number of amides is 1. The highest BCUT2D eigenvalue weighted by molar-refractivity contribution is 5.77. The molecule has 3 aliphatic rings. The van der Waals surface area contributed by atoms with Crippen molar-refractivity contribution in [1.82, 2.24) is 4.90 Å². The van der Waals surface area contributed by atoms with Crippen molar-refractivity contribution in [3.8, 4) is 0 Å². The molecule has 1 amide bonds. The number of likely N-dealkylation sites (tertiary alicyclic amines) is 1. The summed E-state index contributed by atoms with van der Waals surface area (Å²) >= 11 is 0. The molecule has 1 aliphatic carbocycles. The lowest BCUT2D eigenvalue weighted by Crippen LogP contribution is -2.50. The number of carbonyl (C=O) groups is 1. The van der Waals surface area contributed by atoms with Crippen LogP contribution in [0.3, 0.4) is 0 Å². The third-order valence-corrected chi connectivity index (χ3v) is 9.21. The number of aryl methyl sites for hydroxylation is 1. The van der Waals surface area contributed by atoms with E-state index in [9.17, 15) is 35.5 Å². The third kappa shape index (κ3) is 5.58. The van der Waals surface area contributed by atoms with Gasteiger partial charge in [-0.1, -0.05) is 54.6 Å². The summed E-state index contributed by atoms with van der Waals surface area (Å²) in [6.07, 6.45) is -9.29. The summed E-state index contributed by atoms with van der Waals surface area (Å²) in [5.74, 6) is -0.198. The number of hydrogen-bond donors (Lipinski definition) is 0. The van der Waals surface area contributed by atoms with Crippen molar-refractivity contribution < 1.29 is 40.3 Å². The van der Waals surface area contributed by atoms with Crippen LogP contribution in [-0.2, 0) is 28.0 Å². The first-order valence-electron chi connectivity index (χ1n) is 14.3. The van der Waals surface area contributed by atoms with Crippen LogP contribution in [0.2, 0.25) is 0 Å². The maximum atomic E-state index is 14.9. The van der Waals surface area contributed by atoms with Crippen molar-refractivity contribution in [2.24, 2.45) is 11.8 Å². The largest absolute Gasteiger partial charge is 0.435 e. The molecule has 0 radical (unpaired) electrons. The lowest BCUT2D eigenvalue weighted by Gasteiger charge is -2.36. The van der Waals surface area contributed by atoms with Crippen molar-refractivity contribution in [3.63, 3.8) is 0 Å². The molecule has 2 saturated heterocycles. The van der Waals surface area contributed by atoms with Crippen LogP contribution >= 0.6 is 0 Å². The van der Waals surface area contributed by atoms with Crippen LogP contribution in [0.15, 0.2) is 49.0 Å². The van der Waals surface area contributed by atoms with Gasteiger partial charge in [0.05, 0.1) is 0 Å². The van der Waals surface area contributed by atoms with Crippen LogP contribution in [0.4, 0.5) is 30.7 Å². The molecule has 228 valence electrons. The minimum absolute atomic E-state index is 0.00835. The first-order valence-corrected chi connectivity index (χ1v) is 14.3. The van der Waals surface area contributed by atoms with Gasteiger partial charge in [0.2, 0.25) is 5.91 Å². The molecule has 2 fully saturated rings. The van der Waals surface area contributed by atoms with Gasteiger partial charge in [0.1, 0.15) is 0 Å². The van der Waals surface area contributed by atoms with Crippen LogP contribution in [0.25, 0.3) is 5.57 Å². The molecule has 0 bridgehead atoms.